The van der Waals surface area contributed by atoms with Crippen molar-refractivity contribution in [2.45, 2.75) is 39.0 Å². The lowest BCUT2D eigenvalue weighted by molar-refractivity contribution is -0.155. The first kappa shape index (κ1) is 21.2. The number of ether oxygens (including phenoxy) is 3. The lowest BCUT2D eigenvalue weighted by atomic mass is 10.0. The lowest BCUT2D eigenvalue weighted by Gasteiger charge is -2.19. The molecule has 30 heavy (non-hydrogen) atoms. The molecule has 3 rings (SSSR count). The molecule has 2 atom stereocenters. The SMILES string of the molecule is CC(=O)N[C@@H](CC(=O)O[C@H](C)C(=O)NCc1ccc2c(c1)OCO2)c1ccccc1. The van der Waals surface area contributed by atoms with Crippen molar-refractivity contribution in [2.24, 2.45) is 0 Å². The molecule has 0 aliphatic carbocycles. The van der Waals surface area contributed by atoms with E-state index in [9.17, 15) is 14.4 Å². The maximum atomic E-state index is 12.3. The Labute approximate surface area is 174 Å². The van der Waals surface area contributed by atoms with Gasteiger partial charge < -0.3 is 24.8 Å². The second kappa shape index (κ2) is 9.78. The van der Waals surface area contributed by atoms with Crippen LogP contribution in [0.25, 0.3) is 0 Å². The largest absolute Gasteiger partial charge is 0.454 e. The number of rotatable bonds is 8. The summed E-state index contributed by atoms with van der Waals surface area (Å²) < 4.78 is 15.8. The molecule has 0 aromatic heterocycles. The molecule has 8 heteroatoms. The van der Waals surface area contributed by atoms with Crippen LogP contribution >= 0.6 is 0 Å². The first-order valence-electron chi connectivity index (χ1n) is 9.60. The highest BCUT2D eigenvalue weighted by Crippen LogP contribution is 2.32. The summed E-state index contributed by atoms with van der Waals surface area (Å²) >= 11 is 0. The molecule has 2 aromatic rings. The average molecular weight is 412 g/mol. The second-order valence-electron chi connectivity index (χ2n) is 6.91. The van der Waals surface area contributed by atoms with Gasteiger partial charge >= 0.3 is 5.97 Å². The molecule has 2 aromatic carbocycles. The summed E-state index contributed by atoms with van der Waals surface area (Å²) in [6.45, 7) is 3.33. The fraction of sp³-hybridized carbons (Fsp3) is 0.318. The Morgan fingerprint density at radius 2 is 1.80 bits per heavy atom. The van der Waals surface area contributed by atoms with Crippen LogP contribution in [-0.4, -0.2) is 30.7 Å². The zero-order valence-electron chi connectivity index (χ0n) is 16.8. The van der Waals surface area contributed by atoms with Crippen LogP contribution in [0.2, 0.25) is 0 Å². The second-order valence-corrected chi connectivity index (χ2v) is 6.91. The van der Waals surface area contributed by atoms with Gasteiger partial charge in [-0.05, 0) is 30.2 Å². The maximum Gasteiger partial charge on any atom is 0.309 e. The molecule has 8 nitrogen and oxygen atoms in total. The van der Waals surface area contributed by atoms with Crippen molar-refractivity contribution >= 4 is 17.8 Å². The minimum atomic E-state index is -0.972. The van der Waals surface area contributed by atoms with Gasteiger partial charge in [0.2, 0.25) is 12.7 Å². The summed E-state index contributed by atoms with van der Waals surface area (Å²) in [5, 5.41) is 5.46. The average Bonchev–Trinajstić information content (AvgIpc) is 3.19. The Kier molecular flexibility index (Phi) is 6.90. The number of carbonyl (C=O) groups excluding carboxylic acids is 3. The minimum Gasteiger partial charge on any atom is -0.454 e. The first-order chi connectivity index (χ1) is 14.4. The summed E-state index contributed by atoms with van der Waals surface area (Å²) in [6, 6.07) is 14.0. The fourth-order valence-electron chi connectivity index (χ4n) is 3.03. The Morgan fingerprint density at radius 1 is 1.07 bits per heavy atom. The van der Waals surface area contributed by atoms with E-state index < -0.39 is 24.0 Å². The summed E-state index contributed by atoms with van der Waals surface area (Å²) in [6.07, 6.45) is -1.05. The molecule has 0 unspecified atom stereocenters. The van der Waals surface area contributed by atoms with E-state index in [2.05, 4.69) is 10.6 Å². The molecule has 0 spiro atoms. The van der Waals surface area contributed by atoms with Gasteiger partial charge in [0.25, 0.3) is 5.91 Å². The van der Waals surface area contributed by atoms with E-state index in [4.69, 9.17) is 14.2 Å². The summed E-state index contributed by atoms with van der Waals surface area (Å²) in [5.74, 6) is 0.0389. The van der Waals surface area contributed by atoms with Gasteiger partial charge in [0, 0.05) is 13.5 Å². The van der Waals surface area contributed by atoms with Gasteiger partial charge in [-0.25, -0.2) is 0 Å². The zero-order valence-corrected chi connectivity index (χ0v) is 16.8. The topological polar surface area (TPSA) is 103 Å². The van der Waals surface area contributed by atoms with Gasteiger partial charge in [-0.15, -0.1) is 0 Å². The molecule has 0 saturated heterocycles. The van der Waals surface area contributed by atoms with Crippen molar-refractivity contribution in [1.29, 1.82) is 0 Å². The van der Waals surface area contributed by atoms with Gasteiger partial charge in [0.05, 0.1) is 12.5 Å². The molecule has 0 radical (unpaired) electrons. The predicted molar refractivity (Wildman–Crippen MR) is 108 cm³/mol. The van der Waals surface area contributed by atoms with Crippen LogP contribution in [0.3, 0.4) is 0 Å². The van der Waals surface area contributed by atoms with Crippen LogP contribution < -0.4 is 20.1 Å². The predicted octanol–water partition coefficient (Wildman–Crippen LogP) is 2.23. The molecule has 0 saturated carbocycles. The monoisotopic (exact) mass is 412 g/mol. The Balaban J connectivity index is 1.51. The highest BCUT2D eigenvalue weighted by molar-refractivity contribution is 5.83. The van der Waals surface area contributed by atoms with Crippen molar-refractivity contribution in [3.63, 3.8) is 0 Å². The number of hydrogen-bond acceptors (Lipinski definition) is 6. The molecule has 2 N–H and O–H groups in total. The van der Waals surface area contributed by atoms with Gasteiger partial charge in [-0.1, -0.05) is 36.4 Å². The third-order valence-electron chi connectivity index (χ3n) is 4.53. The molecular formula is C22H24N2O6. The molecule has 1 aliphatic heterocycles. The minimum absolute atomic E-state index is 0.0800. The number of amides is 2. The first-order valence-corrected chi connectivity index (χ1v) is 9.60. The quantitative estimate of drug-likeness (QED) is 0.645. The Morgan fingerprint density at radius 3 is 2.53 bits per heavy atom. The van der Waals surface area contributed by atoms with Gasteiger partial charge in [0.15, 0.2) is 17.6 Å². The van der Waals surface area contributed by atoms with Crippen LogP contribution in [0.5, 0.6) is 11.5 Å². The van der Waals surface area contributed by atoms with Crippen molar-refractivity contribution in [3.8, 4) is 11.5 Å². The number of esters is 1. The highest BCUT2D eigenvalue weighted by Gasteiger charge is 2.22. The van der Waals surface area contributed by atoms with E-state index in [1.54, 1.807) is 12.1 Å². The van der Waals surface area contributed by atoms with E-state index >= 15 is 0 Å². The number of carbonyl (C=O) groups is 3. The zero-order chi connectivity index (χ0) is 21.5. The smallest absolute Gasteiger partial charge is 0.309 e. The number of fused-ring (bicyclic) bond motifs is 1. The molecule has 0 fully saturated rings. The van der Waals surface area contributed by atoms with Crippen LogP contribution in [0.15, 0.2) is 48.5 Å². The normalized spacial score (nSPS) is 13.8. The third-order valence-corrected chi connectivity index (χ3v) is 4.53. The standard InChI is InChI=1S/C22H24N2O6/c1-14(22(27)23-12-16-8-9-19-20(10-16)29-13-28-19)30-21(26)11-18(24-15(2)25)17-6-4-3-5-7-17/h3-10,14,18H,11-13H2,1-2H3,(H,23,27)(H,24,25)/t14-,18+/m1/s1. The van der Waals surface area contributed by atoms with Gasteiger partial charge in [0.1, 0.15) is 0 Å². The Hall–Kier alpha value is -3.55. The Bertz CT molecular complexity index is 915. The fourth-order valence-corrected chi connectivity index (χ4v) is 3.03. The molecule has 2 amide bonds. The molecular weight excluding hydrogens is 388 g/mol. The molecule has 1 heterocycles. The van der Waals surface area contributed by atoms with Crippen LogP contribution in [-0.2, 0) is 25.7 Å². The van der Waals surface area contributed by atoms with Crippen molar-refractivity contribution in [2.75, 3.05) is 6.79 Å². The summed E-state index contributed by atoms with van der Waals surface area (Å²) in [7, 11) is 0. The lowest BCUT2D eigenvalue weighted by Crippen LogP contribution is -2.36. The van der Waals surface area contributed by atoms with E-state index in [-0.39, 0.29) is 25.7 Å². The number of benzene rings is 2. The van der Waals surface area contributed by atoms with Crippen LogP contribution in [0, 0.1) is 0 Å². The van der Waals surface area contributed by atoms with E-state index in [1.807, 2.05) is 36.4 Å². The number of hydrogen-bond donors (Lipinski definition) is 2. The third kappa shape index (κ3) is 5.73. The van der Waals surface area contributed by atoms with Gasteiger partial charge in [-0.2, -0.15) is 0 Å². The number of nitrogens with one attached hydrogen (secondary N) is 2. The van der Waals surface area contributed by atoms with Crippen molar-refractivity contribution < 1.29 is 28.6 Å². The highest BCUT2D eigenvalue weighted by atomic mass is 16.7. The van der Waals surface area contributed by atoms with Crippen LogP contribution in [0.4, 0.5) is 0 Å². The molecule has 1 aliphatic rings. The summed E-state index contributed by atoms with van der Waals surface area (Å²) in [4.78, 5) is 36.1. The van der Waals surface area contributed by atoms with Gasteiger partial charge in [-0.3, -0.25) is 14.4 Å². The van der Waals surface area contributed by atoms with E-state index in [1.165, 1.54) is 13.8 Å². The molecule has 158 valence electrons. The van der Waals surface area contributed by atoms with Crippen molar-refractivity contribution in [1.82, 2.24) is 10.6 Å². The van der Waals surface area contributed by atoms with E-state index in [0.717, 1.165) is 11.1 Å². The van der Waals surface area contributed by atoms with E-state index in [0.29, 0.717) is 11.5 Å². The molecule has 0 bridgehead atoms. The summed E-state index contributed by atoms with van der Waals surface area (Å²) in [5.41, 5.74) is 1.62. The van der Waals surface area contributed by atoms with Crippen molar-refractivity contribution in [3.05, 3.63) is 59.7 Å². The van der Waals surface area contributed by atoms with Crippen LogP contribution in [0.1, 0.15) is 37.4 Å². The maximum absolute atomic E-state index is 12.3.